The third kappa shape index (κ3) is 3.07. The van der Waals surface area contributed by atoms with Gasteiger partial charge in [0.25, 0.3) is 0 Å². The van der Waals surface area contributed by atoms with E-state index in [-0.39, 0.29) is 0 Å². The Hall–Kier alpha value is -0.470. The van der Waals surface area contributed by atoms with E-state index in [0.717, 1.165) is 5.92 Å². The maximum absolute atomic E-state index is 3.91. The molecule has 1 aliphatic carbocycles. The monoisotopic (exact) mass is 289 g/mol. The van der Waals surface area contributed by atoms with Crippen LogP contribution < -0.4 is 5.32 Å². The molecule has 1 aliphatic heterocycles. The number of hydrogen-bond donors (Lipinski definition) is 1. The van der Waals surface area contributed by atoms with E-state index in [9.17, 15) is 0 Å². The largest absolute Gasteiger partial charge is 0.309 e. The van der Waals surface area contributed by atoms with Crippen molar-refractivity contribution in [3.05, 3.63) is 29.8 Å². The number of thioether (sulfide) groups is 1. The second kappa shape index (κ2) is 6.11. The van der Waals surface area contributed by atoms with Gasteiger partial charge in [-0.1, -0.05) is 44.9 Å². The first kappa shape index (κ1) is 14.5. The van der Waals surface area contributed by atoms with Crippen LogP contribution >= 0.6 is 11.8 Å². The summed E-state index contributed by atoms with van der Waals surface area (Å²) in [6.45, 7) is 5.96. The van der Waals surface area contributed by atoms with Crippen molar-refractivity contribution in [2.75, 3.05) is 12.3 Å². The zero-order valence-electron chi connectivity index (χ0n) is 12.8. The SMILES string of the molecule is CC(C)CC1(CNC2CSc3ccccc32)CCCC1. The van der Waals surface area contributed by atoms with E-state index < -0.39 is 0 Å². The van der Waals surface area contributed by atoms with Gasteiger partial charge in [0.05, 0.1) is 0 Å². The van der Waals surface area contributed by atoms with Gasteiger partial charge in [0.2, 0.25) is 0 Å². The average molecular weight is 289 g/mol. The molecule has 1 aromatic carbocycles. The lowest BCUT2D eigenvalue weighted by Crippen LogP contribution is -2.35. The fourth-order valence-corrected chi connectivity index (χ4v) is 5.31. The normalized spacial score (nSPS) is 24.2. The van der Waals surface area contributed by atoms with Crippen LogP contribution in [-0.4, -0.2) is 12.3 Å². The Morgan fingerprint density at radius 3 is 2.75 bits per heavy atom. The van der Waals surface area contributed by atoms with Gasteiger partial charge in [0.1, 0.15) is 0 Å². The quantitative estimate of drug-likeness (QED) is 0.816. The molecule has 0 spiro atoms. The molecule has 1 N–H and O–H groups in total. The van der Waals surface area contributed by atoms with E-state index in [1.165, 1.54) is 54.9 Å². The highest BCUT2D eigenvalue weighted by Gasteiger charge is 2.35. The Balaban J connectivity index is 1.64. The summed E-state index contributed by atoms with van der Waals surface area (Å²) in [6.07, 6.45) is 7.12. The first-order valence-electron chi connectivity index (χ1n) is 8.14. The van der Waals surface area contributed by atoms with Crippen LogP contribution in [0.15, 0.2) is 29.2 Å². The van der Waals surface area contributed by atoms with E-state index in [2.05, 4.69) is 43.4 Å². The van der Waals surface area contributed by atoms with E-state index in [1.54, 1.807) is 0 Å². The van der Waals surface area contributed by atoms with Crippen molar-refractivity contribution in [3.63, 3.8) is 0 Å². The predicted octanol–water partition coefficient (Wildman–Crippen LogP) is 5.03. The van der Waals surface area contributed by atoms with Gasteiger partial charge in [0.15, 0.2) is 0 Å². The molecule has 110 valence electrons. The molecule has 2 heteroatoms. The highest BCUT2D eigenvalue weighted by Crippen LogP contribution is 2.44. The summed E-state index contributed by atoms with van der Waals surface area (Å²) >= 11 is 2.01. The average Bonchev–Trinajstić information content (AvgIpc) is 3.03. The molecule has 0 radical (unpaired) electrons. The first-order valence-corrected chi connectivity index (χ1v) is 9.12. The lowest BCUT2D eigenvalue weighted by Gasteiger charge is -2.32. The van der Waals surface area contributed by atoms with Gasteiger partial charge < -0.3 is 5.32 Å². The summed E-state index contributed by atoms with van der Waals surface area (Å²) in [7, 11) is 0. The number of hydrogen-bond acceptors (Lipinski definition) is 2. The molecule has 1 atom stereocenters. The Labute approximate surface area is 127 Å². The molecule has 1 unspecified atom stereocenters. The molecule has 1 aromatic rings. The van der Waals surface area contributed by atoms with Crippen LogP contribution in [0.2, 0.25) is 0 Å². The Morgan fingerprint density at radius 2 is 2.00 bits per heavy atom. The van der Waals surface area contributed by atoms with Crippen LogP contribution in [0, 0.1) is 11.3 Å². The standard InChI is InChI=1S/C18H27NS/c1-14(2)11-18(9-5-6-10-18)13-19-16-12-20-17-8-4-3-7-15(16)17/h3-4,7-8,14,16,19H,5-6,9-13H2,1-2H3. The smallest absolute Gasteiger partial charge is 0.0426 e. The van der Waals surface area contributed by atoms with Crippen LogP contribution in [0.25, 0.3) is 0 Å². The lowest BCUT2D eigenvalue weighted by molar-refractivity contribution is 0.217. The topological polar surface area (TPSA) is 12.0 Å². The van der Waals surface area contributed by atoms with Crippen molar-refractivity contribution in [1.82, 2.24) is 5.32 Å². The molecule has 0 saturated heterocycles. The minimum atomic E-state index is 0.570. The fourth-order valence-electron chi connectivity index (χ4n) is 4.12. The van der Waals surface area contributed by atoms with Crippen molar-refractivity contribution >= 4 is 11.8 Å². The maximum Gasteiger partial charge on any atom is 0.0426 e. The maximum atomic E-state index is 3.91. The van der Waals surface area contributed by atoms with Crippen molar-refractivity contribution in [2.24, 2.45) is 11.3 Å². The van der Waals surface area contributed by atoms with Crippen molar-refractivity contribution < 1.29 is 0 Å². The van der Waals surface area contributed by atoms with E-state index >= 15 is 0 Å². The molecule has 1 heterocycles. The third-order valence-electron chi connectivity index (χ3n) is 4.93. The van der Waals surface area contributed by atoms with Gasteiger partial charge in [-0.15, -0.1) is 11.8 Å². The highest BCUT2D eigenvalue weighted by atomic mass is 32.2. The molecule has 20 heavy (non-hydrogen) atoms. The van der Waals surface area contributed by atoms with Gasteiger partial charge in [-0.25, -0.2) is 0 Å². The van der Waals surface area contributed by atoms with Gasteiger partial charge in [-0.2, -0.15) is 0 Å². The molecule has 1 saturated carbocycles. The third-order valence-corrected chi connectivity index (χ3v) is 6.11. The molecular formula is C18H27NS. The summed E-state index contributed by atoms with van der Waals surface area (Å²) in [5.74, 6) is 2.03. The Bertz CT molecular complexity index is 448. The molecule has 2 aliphatic rings. The number of fused-ring (bicyclic) bond motifs is 1. The van der Waals surface area contributed by atoms with Crippen molar-refractivity contribution in [2.45, 2.75) is 56.9 Å². The van der Waals surface area contributed by atoms with E-state index in [4.69, 9.17) is 0 Å². The minimum Gasteiger partial charge on any atom is -0.309 e. The molecule has 1 fully saturated rings. The summed E-state index contributed by atoms with van der Waals surface area (Å²) in [5.41, 5.74) is 2.10. The van der Waals surface area contributed by atoms with Crippen molar-refractivity contribution in [3.8, 4) is 0 Å². The van der Waals surface area contributed by atoms with E-state index in [1.807, 2.05) is 11.8 Å². The summed E-state index contributed by atoms with van der Waals surface area (Å²) in [4.78, 5) is 1.48. The van der Waals surface area contributed by atoms with Gasteiger partial charge in [0, 0.05) is 23.2 Å². The van der Waals surface area contributed by atoms with E-state index in [0.29, 0.717) is 11.5 Å². The summed E-state index contributed by atoms with van der Waals surface area (Å²) in [5, 5.41) is 3.91. The fraction of sp³-hybridized carbons (Fsp3) is 0.667. The molecular weight excluding hydrogens is 262 g/mol. The Morgan fingerprint density at radius 1 is 1.25 bits per heavy atom. The number of benzene rings is 1. The van der Waals surface area contributed by atoms with Crippen LogP contribution in [0.1, 0.15) is 57.6 Å². The second-order valence-electron chi connectivity index (χ2n) is 7.09. The first-order chi connectivity index (χ1) is 9.69. The zero-order valence-corrected chi connectivity index (χ0v) is 13.6. The Kier molecular flexibility index (Phi) is 4.42. The molecule has 3 rings (SSSR count). The van der Waals surface area contributed by atoms with Gasteiger partial charge >= 0.3 is 0 Å². The molecule has 0 bridgehead atoms. The van der Waals surface area contributed by atoms with Crippen LogP contribution in [0.5, 0.6) is 0 Å². The summed E-state index contributed by atoms with van der Waals surface area (Å²) < 4.78 is 0. The zero-order chi connectivity index (χ0) is 14.0. The van der Waals surface area contributed by atoms with Crippen LogP contribution in [0.4, 0.5) is 0 Å². The molecule has 0 aromatic heterocycles. The number of nitrogens with one attached hydrogen (secondary N) is 1. The van der Waals surface area contributed by atoms with Crippen LogP contribution in [-0.2, 0) is 0 Å². The second-order valence-corrected chi connectivity index (χ2v) is 8.15. The predicted molar refractivity (Wildman–Crippen MR) is 88.3 cm³/mol. The number of rotatable bonds is 5. The molecule has 0 amide bonds. The van der Waals surface area contributed by atoms with Crippen LogP contribution in [0.3, 0.4) is 0 Å². The minimum absolute atomic E-state index is 0.570. The lowest BCUT2D eigenvalue weighted by atomic mass is 9.78. The van der Waals surface area contributed by atoms with Gasteiger partial charge in [-0.05, 0) is 42.2 Å². The van der Waals surface area contributed by atoms with Crippen molar-refractivity contribution in [1.29, 1.82) is 0 Å². The molecule has 1 nitrogen and oxygen atoms in total. The van der Waals surface area contributed by atoms with Gasteiger partial charge in [-0.3, -0.25) is 0 Å². The summed E-state index contributed by atoms with van der Waals surface area (Å²) in [6, 6.07) is 9.48. The highest BCUT2D eigenvalue weighted by molar-refractivity contribution is 7.99.